The topological polar surface area (TPSA) is 187 Å². The fourth-order valence-electron chi connectivity index (χ4n) is 7.73. The van der Waals surface area contributed by atoms with E-state index in [0.29, 0.717) is 51.0 Å². The van der Waals surface area contributed by atoms with Crippen LogP contribution in [0.3, 0.4) is 0 Å². The van der Waals surface area contributed by atoms with E-state index in [9.17, 15) is 22.8 Å². The molecule has 3 aromatic heterocycles. The summed E-state index contributed by atoms with van der Waals surface area (Å²) in [4.78, 5) is 58.7. The third-order valence-electron chi connectivity index (χ3n) is 11.3. The van der Waals surface area contributed by atoms with E-state index in [-0.39, 0.29) is 25.3 Å². The molecule has 4 heterocycles. The summed E-state index contributed by atoms with van der Waals surface area (Å²) < 4.78 is 41.8. The van der Waals surface area contributed by atoms with Crippen molar-refractivity contribution in [2.24, 2.45) is 18.4 Å². The second-order valence-corrected chi connectivity index (χ2v) is 19.7. The summed E-state index contributed by atoms with van der Waals surface area (Å²) in [5.74, 6) is -0.951. The lowest BCUT2D eigenvalue weighted by atomic mass is 9.85. The number of para-hydroxylation sites is 2. The first kappa shape index (κ1) is 40.5. The highest BCUT2D eigenvalue weighted by molar-refractivity contribution is 7.91. The molecule has 0 bridgehead atoms. The molecule has 1 unspecified atom stereocenters. The lowest BCUT2D eigenvalue weighted by molar-refractivity contribution is -0.141. The molecule has 18 heteroatoms. The Labute approximate surface area is 350 Å². The van der Waals surface area contributed by atoms with Crippen LogP contribution in [0.15, 0.2) is 66.7 Å². The second-order valence-electron chi connectivity index (χ2n) is 16.5. The average Bonchev–Trinajstić information content (AvgIpc) is 4.05. The van der Waals surface area contributed by atoms with Gasteiger partial charge in [0.2, 0.25) is 27.7 Å². The first-order chi connectivity index (χ1) is 28.0. The van der Waals surface area contributed by atoms with E-state index >= 15 is 0 Å². The molecule has 2 aliphatic carbocycles. The second kappa shape index (κ2) is 15.1. The number of pyridine rings is 1. The maximum absolute atomic E-state index is 15.0. The zero-order valence-electron chi connectivity index (χ0n) is 33.2. The Kier molecular flexibility index (Phi) is 10.4. The highest BCUT2D eigenvalue weighted by atomic mass is 35.5. The number of hydrogen-bond acceptors (Lipinski definition) is 12. The number of halogens is 1. The maximum atomic E-state index is 15.0. The van der Waals surface area contributed by atoms with E-state index in [2.05, 4.69) is 26.9 Å². The van der Waals surface area contributed by atoms with Gasteiger partial charge in [-0.15, -0.1) is 17.9 Å². The largest absolute Gasteiger partial charge is 0.494 e. The Morgan fingerprint density at radius 3 is 2.56 bits per heavy atom. The highest BCUT2D eigenvalue weighted by Crippen LogP contribution is 2.46. The molecule has 3 amide bonds. The van der Waals surface area contributed by atoms with Crippen LogP contribution in [0.2, 0.25) is 5.02 Å². The Morgan fingerprint density at radius 1 is 1.12 bits per heavy atom. The number of aromatic nitrogens is 4. The number of sulfonamides is 1. The molecule has 5 atom stereocenters. The van der Waals surface area contributed by atoms with Gasteiger partial charge in [-0.1, -0.05) is 50.6 Å². The van der Waals surface area contributed by atoms with E-state index in [4.69, 9.17) is 31.0 Å². The van der Waals surface area contributed by atoms with Gasteiger partial charge >= 0.3 is 0 Å². The summed E-state index contributed by atoms with van der Waals surface area (Å²) in [7, 11) is -0.447. The number of thiazole rings is 1. The molecular weight excluding hydrogens is 816 g/mol. The predicted molar refractivity (Wildman–Crippen MR) is 226 cm³/mol. The van der Waals surface area contributed by atoms with Crippen LogP contribution in [0.4, 0.5) is 5.13 Å². The quantitative estimate of drug-likeness (QED) is 0.128. The summed E-state index contributed by atoms with van der Waals surface area (Å²) in [5, 5.41) is 9.68. The van der Waals surface area contributed by atoms with Crippen LogP contribution in [0.1, 0.15) is 46.5 Å². The van der Waals surface area contributed by atoms with Gasteiger partial charge in [0.15, 0.2) is 11.0 Å². The van der Waals surface area contributed by atoms with Gasteiger partial charge in [-0.2, -0.15) is 0 Å². The minimum atomic E-state index is -3.91. The van der Waals surface area contributed by atoms with Gasteiger partial charge in [0.25, 0.3) is 5.91 Å². The average molecular weight is 861 g/mol. The monoisotopic (exact) mass is 860 g/mol. The van der Waals surface area contributed by atoms with Crippen molar-refractivity contribution in [2.45, 2.75) is 75.4 Å². The molecule has 5 aromatic rings. The number of nitrogens with one attached hydrogen (secondary N) is 3. The molecule has 59 heavy (non-hydrogen) atoms. The molecule has 0 radical (unpaired) electrons. The Bertz CT molecular complexity index is 2620. The van der Waals surface area contributed by atoms with Gasteiger partial charge in [0, 0.05) is 40.6 Å². The van der Waals surface area contributed by atoms with Crippen molar-refractivity contribution in [2.75, 3.05) is 19.0 Å². The van der Waals surface area contributed by atoms with Crippen molar-refractivity contribution in [3.63, 3.8) is 0 Å². The predicted octanol–water partition coefficient (Wildman–Crippen LogP) is 5.45. The van der Waals surface area contributed by atoms with E-state index in [1.807, 2.05) is 62.0 Å². The lowest BCUT2D eigenvalue weighted by Gasteiger charge is -2.35. The van der Waals surface area contributed by atoms with Gasteiger partial charge in [0.1, 0.15) is 35.2 Å². The number of aryl methyl sites for hydroxylation is 1. The van der Waals surface area contributed by atoms with Crippen LogP contribution < -0.4 is 24.8 Å². The zero-order valence-corrected chi connectivity index (χ0v) is 35.6. The summed E-state index contributed by atoms with van der Waals surface area (Å²) in [6.07, 6.45) is 3.44. The van der Waals surface area contributed by atoms with Crippen LogP contribution >= 0.6 is 22.9 Å². The summed E-state index contributed by atoms with van der Waals surface area (Å²) in [6.45, 7) is 9.54. The molecule has 3 fully saturated rings. The van der Waals surface area contributed by atoms with Crippen LogP contribution in [-0.2, 0) is 31.5 Å². The third-order valence-corrected chi connectivity index (χ3v) is 14.1. The minimum Gasteiger partial charge on any atom is -0.494 e. The Hall–Kier alpha value is -5.26. The van der Waals surface area contributed by atoms with Gasteiger partial charge in [-0.05, 0) is 55.0 Å². The van der Waals surface area contributed by atoms with E-state index in [0.717, 1.165) is 11.0 Å². The van der Waals surface area contributed by atoms with Gasteiger partial charge in [-0.3, -0.25) is 19.1 Å². The number of carbonyl (C=O) groups excluding carboxylic acids is 3. The smallest absolute Gasteiger partial charge is 0.259 e. The van der Waals surface area contributed by atoms with Crippen LogP contribution in [0, 0.1) is 11.3 Å². The first-order valence-electron chi connectivity index (χ1n) is 19.3. The van der Waals surface area contributed by atoms with E-state index in [1.54, 1.807) is 18.2 Å². The number of likely N-dealkylation sites (tertiary alicyclic amines) is 1. The van der Waals surface area contributed by atoms with Gasteiger partial charge in [-0.25, -0.2) is 23.4 Å². The molecule has 2 saturated carbocycles. The van der Waals surface area contributed by atoms with Gasteiger partial charge < -0.3 is 29.6 Å². The highest BCUT2D eigenvalue weighted by Gasteiger charge is 2.62. The number of anilines is 1. The summed E-state index contributed by atoms with van der Waals surface area (Å²) >= 11 is 7.73. The lowest BCUT2D eigenvalue weighted by Crippen LogP contribution is -2.58. The van der Waals surface area contributed by atoms with Crippen molar-refractivity contribution in [3.8, 4) is 23.1 Å². The van der Waals surface area contributed by atoms with Crippen molar-refractivity contribution in [1.82, 2.24) is 34.5 Å². The molecule has 8 rings (SSSR count). The fraction of sp³-hybridized carbons (Fsp3) is 0.415. The third kappa shape index (κ3) is 7.71. The van der Waals surface area contributed by atoms with Crippen molar-refractivity contribution < 1.29 is 32.3 Å². The van der Waals surface area contributed by atoms with Crippen LogP contribution in [0.5, 0.6) is 11.6 Å². The number of carbonyl (C=O) groups is 3. The Morgan fingerprint density at radius 2 is 1.88 bits per heavy atom. The van der Waals surface area contributed by atoms with Crippen LogP contribution in [0.25, 0.3) is 33.3 Å². The molecule has 2 aromatic carbocycles. The van der Waals surface area contributed by atoms with E-state index < -0.39 is 68.1 Å². The number of nitrogens with zero attached hydrogens (tertiary/aromatic N) is 5. The number of fused-ring (bicyclic) bond motifs is 2. The number of amides is 3. The normalized spacial score (nSPS) is 22.2. The first-order valence-corrected chi connectivity index (χ1v) is 22.1. The Balaban J connectivity index is 1.10. The fourth-order valence-corrected chi connectivity index (χ4v) is 9.98. The molecule has 310 valence electrons. The number of benzene rings is 2. The van der Waals surface area contributed by atoms with Crippen molar-refractivity contribution in [1.29, 1.82) is 0 Å². The van der Waals surface area contributed by atoms with Crippen LogP contribution in [-0.4, -0.2) is 93.2 Å². The van der Waals surface area contributed by atoms with Crippen molar-refractivity contribution in [3.05, 3.63) is 71.7 Å². The summed E-state index contributed by atoms with van der Waals surface area (Å²) in [5.41, 5.74) is 0.191. The summed E-state index contributed by atoms with van der Waals surface area (Å²) in [6, 6.07) is 11.0. The maximum Gasteiger partial charge on any atom is 0.259 e. The van der Waals surface area contributed by atoms with E-state index in [1.165, 1.54) is 35.6 Å². The molecular formula is C41H45ClN8O7S2. The molecule has 1 aliphatic heterocycles. The molecule has 15 nitrogen and oxygen atoms in total. The number of ether oxygens (including phenoxy) is 2. The molecule has 3 N–H and O–H groups in total. The standard InChI is InChI=1S/C41H45ClN8O7S2/c1-7-22-18-41(22,38(53)48-59(54,55)25-13-14-25)47-35(51)31-17-24(57-36-27-16-23(42)12-15-26(27)32(56-6)19-43-36)20-50(31)37(52)33(40(2,3)4)46-39-45-29(21-58-39)34-44-28-10-8-9-11-30(28)49(34)5/h7-12,15-16,19,21-22,24-25,31,33H,1,13-14,17-18,20H2,2-6H3,(H,45,46)(H,47,51)(H,48,53)/t22-,24?,31+,33-,41-/m1/s1. The number of rotatable bonds is 13. The van der Waals surface area contributed by atoms with Gasteiger partial charge in [0.05, 0.1) is 36.1 Å². The zero-order chi connectivity index (χ0) is 42.0. The molecule has 1 saturated heterocycles. The SMILES string of the molecule is C=C[C@@H]1C[C@]1(NC(=O)[C@@H]1CC(Oc2ncc(OC)c3ccc(Cl)cc23)CN1C(=O)[C@@H](Nc1nc(-c2nc3ccccc3n2C)cs1)C(C)(C)C)C(=O)NS(=O)(=O)C1CC1. The number of hydrogen-bond donors (Lipinski definition) is 3. The van der Waals surface area contributed by atoms with Crippen molar-refractivity contribution >= 4 is 77.6 Å². The number of methoxy groups -OCH3 is 1. The minimum absolute atomic E-state index is 0.00985. The molecule has 0 spiro atoms. The molecule has 3 aliphatic rings. The number of imidazole rings is 1.